The minimum absolute atomic E-state index is 0.170. The van der Waals surface area contributed by atoms with Gasteiger partial charge in [0.15, 0.2) is 0 Å². The molecule has 7 heteroatoms. The summed E-state index contributed by atoms with van der Waals surface area (Å²) in [4.78, 5) is 11.8. The van der Waals surface area contributed by atoms with Crippen LogP contribution in [0.25, 0.3) is 0 Å². The zero-order valence-corrected chi connectivity index (χ0v) is 11.0. The largest absolute Gasteiger partial charge is 0.391 e. The first-order valence-electron chi connectivity index (χ1n) is 5.78. The number of amides is 1. The third-order valence-corrected chi connectivity index (χ3v) is 4.20. The van der Waals surface area contributed by atoms with Gasteiger partial charge in [-0.15, -0.1) is 0 Å². The Labute approximate surface area is 102 Å². The monoisotopic (exact) mass is 264 g/mol. The van der Waals surface area contributed by atoms with Crippen molar-refractivity contribution in [3.05, 3.63) is 0 Å². The Kier molecular flexibility index (Phi) is 4.91. The van der Waals surface area contributed by atoms with Gasteiger partial charge in [0.1, 0.15) is 6.04 Å². The minimum Gasteiger partial charge on any atom is -0.391 e. The number of aliphatic hydroxyl groups excluding tert-OH is 1. The van der Waals surface area contributed by atoms with Gasteiger partial charge in [0.05, 0.1) is 12.4 Å². The molecule has 17 heavy (non-hydrogen) atoms. The summed E-state index contributed by atoms with van der Waals surface area (Å²) in [6.07, 6.45) is 2.33. The molecule has 100 valence electrons. The van der Waals surface area contributed by atoms with E-state index in [1.54, 1.807) is 0 Å². The second-order valence-corrected chi connectivity index (χ2v) is 6.27. The molecule has 0 aromatic heterocycles. The average molecular weight is 264 g/mol. The van der Waals surface area contributed by atoms with Crippen LogP contribution >= 0.6 is 0 Å². The molecule has 2 unspecified atom stereocenters. The SMILES string of the molecule is CCC(O)CNC(=O)C1CCCN1S(C)(=O)=O. The van der Waals surface area contributed by atoms with E-state index < -0.39 is 22.2 Å². The smallest absolute Gasteiger partial charge is 0.238 e. The molecule has 6 nitrogen and oxygen atoms in total. The molecule has 2 N–H and O–H groups in total. The third-order valence-electron chi connectivity index (χ3n) is 2.92. The van der Waals surface area contributed by atoms with Gasteiger partial charge in [0, 0.05) is 13.1 Å². The van der Waals surface area contributed by atoms with E-state index in [1.165, 1.54) is 4.31 Å². The number of sulfonamides is 1. The first kappa shape index (κ1) is 14.4. The summed E-state index contributed by atoms with van der Waals surface area (Å²) >= 11 is 0. The number of rotatable bonds is 5. The molecule has 0 aliphatic carbocycles. The molecule has 1 heterocycles. The van der Waals surface area contributed by atoms with E-state index >= 15 is 0 Å². The molecule has 0 radical (unpaired) electrons. The van der Waals surface area contributed by atoms with Gasteiger partial charge in [-0.3, -0.25) is 4.79 Å². The van der Waals surface area contributed by atoms with Gasteiger partial charge in [-0.1, -0.05) is 6.92 Å². The molecule has 0 bridgehead atoms. The molecule has 0 aromatic rings. The van der Waals surface area contributed by atoms with Crippen molar-refractivity contribution in [2.24, 2.45) is 0 Å². The van der Waals surface area contributed by atoms with Crippen molar-refractivity contribution < 1.29 is 18.3 Å². The van der Waals surface area contributed by atoms with Crippen molar-refractivity contribution in [3.63, 3.8) is 0 Å². The fraction of sp³-hybridized carbons (Fsp3) is 0.900. The van der Waals surface area contributed by atoms with Crippen LogP contribution in [-0.2, 0) is 14.8 Å². The van der Waals surface area contributed by atoms with Gasteiger partial charge in [-0.25, -0.2) is 8.42 Å². The highest BCUT2D eigenvalue weighted by Crippen LogP contribution is 2.20. The van der Waals surface area contributed by atoms with Crippen LogP contribution in [0.15, 0.2) is 0 Å². The fourth-order valence-electron chi connectivity index (χ4n) is 1.88. The van der Waals surface area contributed by atoms with Crippen LogP contribution in [0.2, 0.25) is 0 Å². The highest BCUT2D eigenvalue weighted by Gasteiger charge is 2.36. The number of hydrogen-bond acceptors (Lipinski definition) is 4. The van der Waals surface area contributed by atoms with Crippen molar-refractivity contribution in [3.8, 4) is 0 Å². The number of hydrogen-bond donors (Lipinski definition) is 2. The lowest BCUT2D eigenvalue weighted by molar-refractivity contribution is -0.124. The summed E-state index contributed by atoms with van der Waals surface area (Å²) in [6, 6.07) is -0.617. The maximum absolute atomic E-state index is 11.8. The number of nitrogens with one attached hydrogen (secondary N) is 1. The van der Waals surface area contributed by atoms with E-state index in [9.17, 15) is 18.3 Å². The van der Waals surface area contributed by atoms with Gasteiger partial charge in [-0.05, 0) is 19.3 Å². The minimum atomic E-state index is -3.33. The topological polar surface area (TPSA) is 86.7 Å². The van der Waals surface area contributed by atoms with Crippen LogP contribution in [0.1, 0.15) is 26.2 Å². The first-order valence-corrected chi connectivity index (χ1v) is 7.63. The Morgan fingerprint density at radius 3 is 2.76 bits per heavy atom. The maximum Gasteiger partial charge on any atom is 0.238 e. The summed E-state index contributed by atoms with van der Waals surface area (Å²) in [6.45, 7) is 2.38. The van der Waals surface area contributed by atoms with E-state index in [-0.39, 0.29) is 12.5 Å². The molecule has 0 spiro atoms. The van der Waals surface area contributed by atoms with Crippen LogP contribution in [0, 0.1) is 0 Å². The zero-order chi connectivity index (χ0) is 13.1. The lowest BCUT2D eigenvalue weighted by atomic mass is 10.2. The Morgan fingerprint density at radius 2 is 2.24 bits per heavy atom. The van der Waals surface area contributed by atoms with Crippen LogP contribution in [0.3, 0.4) is 0 Å². The maximum atomic E-state index is 11.8. The van der Waals surface area contributed by atoms with Crippen LogP contribution in [-0.4, -0.2) is 55.2 Å². The van der Waals surface area contributed by atoms with E-state index in [0.717, 1.165) is 6.26 Å². The molecule has 1 rings (SSSR count). The number of aliphatic hydroxyl groups is 1. The second-order valence-electron chi connectivity index (χ2n) is 4.34. The fourth-order valence-corrected chi connectivity index (χ4v) is 3.00. The quantitative estimate of drug-likeness (QED) is 0.687. The first-order chi connectivity index (χ1) is 7.86. The number of carbonyl (C=O) groups is 1. The van der Waals surface area contributed by atoms with Crippen LogP contribution in [0.4, 0.5) is 0 Å². The summed E-state index contributed by atoms with van der Waals surface area (Å²) in [5.74, 6) is -0.319. The molecule has 1 fully saturated rings. The number of carbonyl (C=O) groups excluding carboxylic acids is 1. The Morgan fingerprint density at radius 1 is 1.59 bits per heavy atom. The summed E-state index contributed by atoms with van der Waals surface area (Å²) < 4.78 is 24.1. The number of nitrogens with zero attached hydrogens (tertiary/aromatic N) is 1. The van der Waals surface area contributed by atoms with E-state index in [1.807, 2.05) is 6.92 Å². The van der Waals surface area contributed by atoms with Gasteiger partial charge < -0.3 is 10.4 Å². The van der Waals surface area contributed by atoms with Crippen molar-refractivity contribution in [1.82, 2.24) is 9.62 Å². The normalized spacial score (nSPS) is 23.6. The molecular formula is C10H20N2O4S. The van der Waals surface area contributed by atoms with E-state index in [2.05, 4.69) is 5.32 Å². The van der Waals surface area contributed by atoms with Crippen LogP contribution in [0.5, 0.6) is 0 Å². The molecule has 1 amide bonds. The van der Waals surface area contributed by atoms with Crippen molar-refractivity contribution in [2.75, 3.05) is 19.3 Å². The average Bonchev–Trinajstić information content (AvgIpc) is 2.73. The molecular weight excluding hydrogens is 244 g/mol. The summed E-state index contributed by atoms with van der Waals surface area (Å²) in [5, 5.41) is 11.9. The van der Waals surface area contributed by atoms with Gasteiger partial charge >= 0.3 is 0 Å². The highest BCUT2D eigenvalue weighted by molar-refractivity contribution is 7.88. The Hall–Kier alpha value is -0.660. The zero-order valence-electron chi connectivity index (χ0n) is 10.2. The van der Waals surface area contributed by atoms with Crippen LogP contribution < -0.4 is 5.32 Å². The lowest BCUT2D eigenvalue weighted by Crippen LogP contribution is -2.47. The highest BCUT2D eigenvalue weighted by atomic mass is 32.2. The van der Waals surface area contributed by atoms with Crippen molar-refractivity contribution in [1.29, 1.82) is 0 Å². The lowest BCUT2D eigenvalue weighted by Gasteiger charge is -2.21. The van der Waals surface area contributed by atoms with Crippen molar-refractivity contribution >= 4 is 15.9 Å². The molecule has 1 aliphatic heterocycles. The molecule has 1 aliphatic rings. The third kappa shape index (κ3) is 3.93. The predicted octanol–water partition coefficient (Wildman–Crippen LogP) is -0.702. The van der Waals surface area contributed by atoms with E-state index in [0.29, 0.717) is 25.8 Å². The second kappa shape index (κ2) is 5.79. The Bertz CT molecular complexity index is 369. The van der Waals surface area contributed by atoms with Gasteiger partial charge in [0.25, 0.3) is 0 Å². The summed E-state index contributed by atoms with van der Waals surface area (Å²) in [7, 11) is -3.33. The van der Waals surface area contributed by atoms with Gasteiger partial charge in [0.2, 0.25) is 15.9 Å². The Balaban J connectivity index is 2.57. The molecule has 0 saturated carbocycles. The standard InChI is InChI=1S/C10H20N2O4S/c1-3-8(13)7-11-10(14)9-5-4-6-12(9)17(2,15)16/h8-9,13H,3-7H2,1-2H3,(H,11,14). The summed E-state index contributed by atoms with van der Waals surface area (Å²) in [5.41, 5.74) is 0. The van der Waals surface area contributed by atoms with Crippen molar-refractivity contribution in [2.45, 2.75) is 38.3 Å². The molecule has 1 saturated heterocycles. The van der Waals surface area contributed by atoms with E-state index in [4.69, 9.17) is 0 Å². The predicted molar refractivity (Wildman–Crippen MR) is 63.9 cm³/mol. The molecule has 0 aromatic carbocycles. The molecule has 2 atom stereocenters. The van der Waals surface area contributed by atoms with Gasteiger partial charge in [-0.2, -0.15) is 4.31 Å².